The van der Waals surface area contributed by atoms with Crippen LogP contribution in [0.2, 0.25) is 0 Å². The molecule has 0 fully saturated rings. The van der Waals surface area contributed by atoms with Crippen molar-refractivity contribution >= 4 is 41.5 Å². The fourth-order valence-corrected chi connectivity index (χ4v) is 3.22. The Bertz CT molecular complexity index is 986. The molecule has 0 radical (unpaired) electrons. The lowest BCUT2D eigenvalue weighted by molar-refractivity contribution is -0.114. The van der Waals surface area contributed by atoms with Gasteiger partial charge in [-0.2, -0.15) is 5.10 Å². The zero-order valence-electron chi connectivity index (χ0n) is 18.5. The van der Waals surface area contributed by atoms with Gasteiger partial charge in [0, 0.05) is 38.1 Å². The summed E-state index contributed by atoms with van der Waals surface area (Å²) in [6.45, 7) is 6.46. The molecule has 0 aliphatic carbocycles. The maximum atomic E-state index is 11.1. The third kappa shape index (κ3) is 8.33. The summed E-state index contributed by atoms with van der Waals surface area (Å²) in [6.07, 6.45) is 4.62. The molecule has 1 amide bonds. The molecule has 0 aliphatic rings. The van der Waals surface area contributed by atoms with E-state index in [1.807, 2.05) is 53.3 Å². The van der Waals surface area contributed by atoms with Crippen molar-refractivity contribution in [3.8, 4) is 0 Å². The number of nitrogens with zero attached hydrogens (tertiary/aromatic N) is 3. The Kier molecular flexibility index (Phi) is 10.7. The number of aliphatic imine (C=N–C) groups is 1. The van der Waals surface area contributed by atoms with Crippen molar-refractivity contribution in [1.29, 1.82) is 0 Å². The van der Waals surface area contributed by atoms with Crippen LogP contribution in [-0.2, 0) is 24.3 Å². The van der Waals surface area contributed by atoms with Crippen LogP contribution in [0.25, 0.3) is 0 Å². The molecule has 0 saturated carbocycles. The third-order valence-electron chi connectivity index (χ3n) is 4.74. The molecule has 0 bridgehead atoms. The molecule has 3 rings (SSSR count). The van der Waals surface area contributed by atoms with Gasteiger partial charge in [-0.1, -0.05) is 36.4 Å². The minimum atomic E-state index is -0.0629. The molecule has 3 aromatic rings. The van der Waals surface area contributed by atoms with Gasteiger partial charge in [-0.25, -0.2) is 4.99 Å². The zero-order chi connectivity index (χ0) is 21.9. The highest BCUT2D eigenvalue weighted by atomic mass is 127. The molecule has 0 saturated heterocycles. The standard InChI is InChI=1S/C24H30N6O.HI/c1-3-25-24(26-15-13-20-9-11-23(12-10-20)29-19(2)31)27-17-21-7-4-5-8-22(21)18-30-16-6-14-28-30;/h4-12,14,16H,3,13,15,17-18H2,1-2H3,(H,29,31)(H2,25,26,27);1H. The first-order valence-corrected chi connectivity index (χ1v) is 10.6. The van der Waals surface area contributed by atoms with Gasteiger partial charge in [-0.05, 0) is 48.2 Å². The van der Waals surface area contributed by atoms with Gasteiger partial charge >= 0.3 is 0 Å². The van der Waals surface area contributed by atoms with Crippen molar-refractivity contribution in [3.63, 3.8) is 0 Å². The SMILES string of the molecule is CCNC(=NCc1ccccc1Cn1cccn1)NCCc1ccc(NC(C)=O)cc1.I. The molecule has 32 heavy (non-hydrogen) atoms. The lowest BCUT2D eigenvalue weighted by atomic mass is 10.1. The van der Waals surface area contributed by atoms with E-state index in [0.717, 1.165) is 37.7 Å². The summed E-state index contributed by atoms with van der Waals surface area (Å²) in [7, 11) is 0. The average Bonchev–Trinajstić information content (AvgIpc) is 3.27. The summed E-state index contributed by atoms with van der Waals surface area (Å²) in [4.78, 5) is 15.9. The van der Waals surface area contributed by atoms with Gasteiger partial charge in [0.2, 0.25) is 5.91 Å². The van der Waals surface area contributed by atoms with E-state index < -0.39 is 0 Å². The van der Waals surface area contributed by atoms with E-state index in [9.17, 15) is 4.79 Å². The monoisotopic (exact) mass is 546 g/mol. The maximum Gasteiger partial charge on any atom is 0.221 e. The lowest BCUT2D eigenvalue weighted by Gasteiger charge is -2.13. The maximum absolute atomic E-state index is 11.1. The molecule has 0 atom stereocenters. The number of anilines is 1. The molecule has 7 nitrogen and oxygen atoms in total. The van der Waals surface area contributed by atoms with Gasteiger partial charge in [0.05, 0.1) is 13.1 Å². The summed E-state index contributed by atoms with van der Waals surface area (Å²) < 4.78 is 1.92. The van der Waals surface area contributed by atoms with E-state index in [-0.39, 0.29) is 29.9 Å². The molecule has 8 heteroatoms. The number of guanidine groups is 1. The summed E-state index contributed by atoms with van der Waals surface area (Å²) in [5, 5.41) is 13.8. The highest BCUT2D eigenvalue weighted by Crippen LogP contribution is 2.12. The van der Waals surface area contributed by atoms with Crippen LogP contribution in [0.5, 0.6) is 0 Å². The van der Waals surface area contributed by atoms with Crippen molar-refractivity contribution in [2.24, 2.45) is 4.99 Å². The first kappa shape index (κ1) is 25.4. The topological polar surface area (TPSA) is 83.3 Å². The van der Waals surface area contributed by atoms with Crippen LogP contribution >= 0.6 is 24.0 Å². The Hall–Kier alpha value is -2.88. The predicted octanol–water partition coefficient (Wildman–Crippen LogP) is 3.81. The molecule has 170 valence electrons. The van der Waals surface area contributed by atoms with Crippen molar-refractivity contribution < 1.29 is 4.79 Å². The third-order valence-corrected chi connectivity index (χ3v) is 4.74. The van der Waals surface area contributed by atoms with Crippen molar-refractivity contribution in [1.82, 2.24) is 20.4 Å². The zero-order valence-corrected chi connectivity index (χ0v) is 20.9. The van der Waals surface area contributed by atoms with Crippen LogP contribution in [0.3, 0.4) is 0 Å². The van der Waals surface area contributed by atoms with Gasteiger partial charge in [0.1, 0.15) is 0 Å². The Labute approximate surface area is 206 Å². The van der Waals surface area contributed by atoms with E-state index in [1.54, 1.807) is 6.20 Å². The van der Waals surface area contributed by atoms with Crippen LogP contribution < -0.4 is 16.0 Å². The molecule has 1 aromatic heterocycles. The van der Waals surface area contributed by atoms with Crippen LogP contribution in [0.15, 0.2) is 72.0 Å². The number of aromatic nitrogens is 2. The first-order chi connectivity index (χ1) is 15.1. The molecule has 2 aromatic carbocycles. The van der Waals surface area contributed by atoms with Crippen LogP contribution in [0.4, 0.5) is 5.69 Å². The largest absolute Gasteiger partial charge is 0.357 e. The second kappa shape index (κ2) is 13.5. The number of carbonyl (C=O) groups is 1. The molecule has 0 unspecified atom stereocenters. The minimum absolute atomic E-state index is 0. The summed E-state index contributed by atoms with van der Waals surface area (Å²) >= 11 is 0. The van der Waals surface area contributed by atoms with E-state index in [1.165, 1.54) is 23.6 Å². The van der Waals surface area contributed by atoms with Gasteiger partial charge in [0.15, 0.2) is 5.96 Å². The minimum Gasteiger partial charge on any atom is -0.357 e. The summed E-state index contributed by atoms with van der Waals surface area (Å²) in [6, 6.07) is 18.2. The van der Waals surface area contributed by atoms with E-state index in [4.69, 9.17) is 4.99 Å². The summed E-state index contributed by atoms with van der Waals surface area (Å²) in [5.41, 5.74) is 4.41. The van der Waals surface area contributed by atoms with E-state index in [2.05, 4.69) is 40.1 Å². The number of nitrogens with one attached hydrogen (secondary N) is 3. The molecule has 0 aliphatic heterocycles. The van der Waals surface area contributed by atoms with E-state index >= 15 is 0 Å². The molecular formula is C24H31IN6O. The first-order valence-electron chi connectivity index (χ1n) is 10.6. The van der Waals surface area contributed by atoms with Crippen LogP contribution in [-0.4, -0.2) is 34.7 Å². The van der Waals surface area contributed by atoms with E-state index in [0.29, 0.717) is 6.54 Å². The van der Waals surface area contributed by atoms with Gasteiger partial charge in [-0.15, -0.1) is 24.0 Å². The molecular weight excluding hydrogens is 515 g/mol. The number of carbonyl (C=O) groups excluding carboxylic acids is 1. The number of halogens is 1. The normalized spacial score (nSPS) is 10.9. The molecule has 0 spiro atoms. The summed E-state index contributed by atoms with van der Waals surface area (Å²) in [5.74, 6) is 0.735. The Morgan fingerprint density at radius 2 is 1.78 bits per heavy atom. The smallest absolute Gasteiger partial charge is 0.221 e. The fraction of sp³-hybridized carbons (Fsp3) is 0.292. The van der Waals surface area contributed by atoms with Crippen molar-refractivity contribution in [2.45, 2.75) is 33.4 Å². The lowest BCUT2D eigenvalue weighted by Crippen LogP contribution is -2.38. The molecule has 3 N–H and O–H groups in total. The quantitative estimate of drug-likeness (QED) is 0.217. The highest BCUT2D eigenvalue weighted by Gasteiger charge is 2.04. The highest BCUT2D eigenvalue weighted by molar-refractivity contribution is 14.0. The number of rotatable bonds is 9. The van der Waals surface area contributed by atoms with Gasteiger partial charge in [0.25, 0.3) is 0 Å². The number of hydrogen-bond acceptors (Lipinski definition) is 3. The van der Waals surface area contributed by atoms with Crippen molar-refractivity contribution in [3.05, 3.63) is 83.7 Å². The van der Waals surface area contributed by atoms with Crippen LogP contribution in [0.1, 0.15) is 30.5 Å². The Balaban J connectivity index is 0.00000363. The average molecular weight is 546 g/mol. The second-order valence-electron chi connectivity index (χ2n) is 7.22. The van der Waals surface area contributed by atoms with Gasteiger partial charge in [-0.3, -0.25) is 9.48 Å². The van der Waals surface area contributed by atoms with Crippen molar-refractivity contribution in [2.75, 3.05) is 18.4 Å². The van der Waals surface area contributed by atoms with Gasteiger partial charge < -0.3 is 16.0 Å². The number of hydrogen-bond donors (Lipinski definition) is 3. The molecule has 1 heterocycles. The fourth-order valence-electron chi connectivity index (χ4n) is 3.22. The Morgan fingerprint density at radius 1 is 1.03 bits per heavy atom. The number of benzene rings is 2. The number of amides is 1. The second-order valence-corrected chi connectivity index (χ2v) is 7.22. The predicted molar refractivity (Wildman–Crippen MR) is 140 cm³/mol. The Morgan fingerprint density at radius 3 is 2.44 bits per heavy atom. The van der Waals surface area contributed by atoms with Crippen LogP contribution in [0, 0.1) is 0 Å².